The van der Waals surface area contributed by atoms with Crippen LogP contribution in [0.5, 0.6) is 0 Å². The fraction of sp³-hybridized carbons (Fsp3) is 0.467. The molecule has 1 aromatic rings. The molecule has 0 bridgehead atoms. The summed E-state index contributed by atoms with van der Waals surface area (Å²) < 4.78 is 0. The van der Waals surface area contributed by atoms with Gasteiger partial charge >= 0.3 is 0 Å². The number of benzene rings is 1. The molecule has 1 heteroatoms. The third kappa shape index (κ3) is 2.35. The molecule has 0 saturated heterocycles. The van der Waals surface area contributed by atoms with Gasteiger partial charge in [0.15, 0.2) is 0 Å². The molecule has 1 nitrogen and oxygen atoms in total. The lowest BCUT2D eigenvalue weighted by Crippen LogP contribution is -2.26. The summed E-state index contributed by atoms with van der Waals surface area (Å²) in [7, 11) is 2.18. The van der Waals surface area contributed by atoms with Crippen LogP contribution >= 0.6 is 0 Å². The molecule has 1 aliphatic rings. The maximum Gasteiger partial charge on any atom is 0.0168 e. The third-order valence-corrected chi connectivity index (χ3v) is 3.53. The summed E-state index contributed by atoms with van der Waals surface area (Å²) in [5.41, 5.74) is 4.52. The van der Waals surface area contributed by atoms with E-state index in [1.54, 1.807) is 0 Å². The normalized spacial score (nSPS) is 17.4. The minimum Gasteiger partial charge on any atom is -0.300 e. The van der Waals surface area contributed by atoms with Gasteiger partial charge in [0.25, 0.3) is 0 Å². The molecular formula is C15H21N. The van der Waals surface area contributed by atoms with E-state index in [1.807, 2.05) is 0 Å². The molecular weight excluding hydrogens is 194 g/mol. The Labute approximate surface area is 98.8 Å². The highest BCUT2D eigenvalue weighted by molar-refractivity contribution is 5.72. The number of hydrogen-bond donors (Lipinski definition) is 0. The zero-order valence-electron chi connectivity index (χ0n) is 10.5. The fourth-order valence-corrected chi connectivity index (χ4v) is 2.13. The van der Waals surface area contributed by atoms with Gasteiger partial charge in [-0.05, 0) is 50.4 Å². The summed E-state index contributed by atoms with van der Waals surface area (Å²) in [5.74, 6) is 0. The van der Waals surface area contributed by atoms with E-state index in [-0.39, 0.29) is 0 Å². The number of fused-ring (bicyclic) bond motifs is 1. The van der Waals surface area contributed by atoms with Crippen LogP contribution < -0.4 is 0 Å². The standard InChI is InChI=1S/C15H21N/c1-12(2)16(3)11-10-14-9-8-13-6-4-5-7-15(13)14/h4-7,10,12H,8-9,11H2,1-3H3/b14-10+. The highest BCUT2D eigenvalue weighted by Crippen LogP contribution is 2.31. The Bertz CT molecular complexity index is 390. The summed E-state index contributed by atoms with van der Waals surface area (Å²) >= 11 is 0. The third-order valence-electron chi connectivity index (χ3n) is 3.53. The van der Waals surface area contributed by atoms with Gasteiger partial charge in [-0.1, -0.05) is 30.3 Å². The lowest BCUT2D eigenvalue weighted by molar-refractivity contribution is 0.303. The molecule has 0 fully saturated rings. The van der Waals surface area contributed by atoms with Crippen LogP contribution in [0.4, 0.5) is 0 Å². The molecule has 0 atom stereocenters. The summed E-state index contributed by atoms with van der Waals surface area (Å²) in [6, 6.07) is 9.41. The summed E-state index contributed by atoms with van der Waals surface area (Å²) in [6.45, 7) is 5.53. The number of allylic oxidation sites excluding steroid dienone is 1. The molecule has 0 amide bonds. The van der Waals surface area contributed by atoms with Crippen molar-refractivity contribution in [3.05, 3.63) is 41.5 Å². The molecule has 16 heavy (non-hydrogen) atoms. The Morgan fingerprint density at radius 2 is 2.00 bits per heavy atom. The predicted molar refractivity (Wildman–Crippen MR) is 70.5 cm³/mol. The number of rotatable bonds is 3. The molecule has 2 rings (SSSR count). The number of aryl methyl sites for hydroxylation is 1. The lowest BCUT2D eigenvalue weighted by atomic mass is 10.1. The van der Waals surface area contributed by atoms with Gasteiger partial charge in [-0.25, -0.2) is 0 Å². The number of likely N-dealkylation sites (N-methyl/N-ethyl adjacent to an activating group) is 1. The molecule has 0 aromatic heterocycles. The Morgan fingerprint density at radius 3 is 2.75 bits per heavy atom. The average Bonchev–Trinajstić information content (AvgIpc) is 2.69. The van der Waals surface area contributed by atoms with Crippen LogP contribution in [-0.2, 0) is 6.42 Å². The first-order valence-electron chi connectivity index (χ1n) is 6.16. The molecule has 0 unspecified atom stereocenters. The van der Waals surface area contributed by atoms with E-state index in [0.717, 1.165) is 6.54 Å². The predicted octanol–water partition coefficient (Wildman–Crippen LogP) is 3.36. The van der Waals surface area contributed by atoms with Gasteiger partial charge < -0.3 is 4.90 Å². The van der Waals surface area contributed by atoms with Gasteiger partial charge in [0.2, 0.25) is 0 Å². The zero-order chi connectivity index (χ0) is 11.5. The van der Waals surface area contributed by atoms with Crippen molar-refractivity contribution in [2.75, 3.05) is 13.6 Å². The van der Waals surface area contributed by atoms with Gasteiger partial charge in [0.05, 0.1) is 0 Å². The monoisotopic (exact) mass is 215 g/mol. The van der Waals surface area contributed by atoms with Crippen LogP contribution in [0, 0.1) is 0 Å². The van der Waals surface area contributed by atoms with Crippen molar-refractivity contribution < 1.29 is 0 Å². The van der Waals surface area contributed by atoms with Crippen molar-refractivity contribution in [2.24, 2.45) is 0 Å². The maximum absolute atomic E-state index is 2.39. The minimum absolute atomic E-state index is 0.619. The van der Waals surface area contributed by atoms with Crippen LogP contribution in [0.2, 0.25) is 0 Å². The second-order valence-corrected chi connectivity index (χ2v) is 4.92. The quantitative estimate of drug-likeness (QED) is 0.747. The zero-order valence-corrected chi connectivity index (χ0v) is 10.5. The van der Waals surface area contributed by atoms with Crippen molar-refractivity contribution in [1.82, 2.24) is 4.90 Å². The molecule has 1 aromatic carbocycles. The van der Waals surface area contributed by atoms with Crippen molar-refractivity contribution in [3.8, 4) is 0 Å². The van der Waals surface area contributed by atoms with Crippen molar-refractivity contribution in [3.63, 3.8) is 0 Å². The highest BCUT2D eigenvalue weighted by Gasteiger charge is 2.14. The fourth-order valence-electron chi connectivity index (χ4n) is 2.13. The lowest BCUT2D eigenvalue weighted by Gasteiger charge is -2.19. The Morgan fingerprint density at radius 1 is 1.25 bits per heavy atom. The smallest absolute Gasteiger partial charge is 0.0168 e. The number of hydrogen-bond acceptors (Lipinski definition) is 1. The average molecular weight is 215 g/mol. The molecule has 0 heterocycles. The highest BCUT2D eigenvalue weighted by atomic mass is 15.1. The van der Waals surface area contributed by atoms with E-state index in [0.29, 0.717) is 6.04 Å². The van der Waals surface area contributed by atoms with Gasteiger partial charge in [-0.15, -0.1) is 0 Å². The van der Waals surface area contributed by atoms with Crippen LogP contribution in [-0.4, -0.2) is 24.5 Å². The summed E-state index contributed by atoms with van der Waals surface area (Å²) in [4.78, 5) is 2.37. The van der Waals surface area contributed by atoms with Crippen molar-refractivity contribution >= 4 is 5.57 Å². The van der Waals surface area contributed by atoms with E-state index in [9.17, 15) is 0 Å². The first kappa shape index (κ1) is 11.4. The van der Waals surface area contributed by atoms with Crippen molar-refractivity contribution in [1.29, 1.82) is 0 Å². The Balaban J connectivity index is 2.10. The molecule has 0 saturated carbocycles. The SMILES string of the molecule is CC(C)N(C)C/C=C1\CCc2ccccc21. The molecule has 0 aliphatic heterocycles. The van der Waals surface area contributed by atoms with Gasteiger partial charge in [0, 0.05) is 12.6 Å². The van der Waals surface area contributed by atoms with Crippen LogP contribution in [0.25, 0.3) is 5.57 Å². The van der Waals surface area contributed by atoms with E-state index >= 15 is 0 Å². The minimum atomic E-state index is 0.619. The first-order valence-corrected chi connectivity index (χ1v) is 6.16. The summed E-state index contributed by atoms with van der Waals surface area (Å²) in [5, 5.41) is 0. The largest absolute Gasteiger partial charge is 0.300 e. The molecule has 0 spiro atoms. The molecule has 1 aliphatic carbocycles. The van der Waals surface area contributed by atoms with Gasteiger partial charge in [-0.2, -0.15) is 0 Å². The van der Waals surface area contributed by atoms with Gasteiger partial charge in [-0.3, -0.25) is 0 Å². The van der Waals surface area contributed by atoms with Crippen LogP contribution in [0.15, 0.2) is 30.3 Å². The topological polar surface area (TPSA) is 3.24 Å². The van der Waals surface area contributed by atoms with Crippen LogP contribution in [0.3, 0.4) is 0 Å². The Kier molecular flexibility index (Phi) is 3.45. The van der Waals surface area contributed by atoms with Crippen LogP contribution in [0.1, 0.15) is 31.4 Å². The van der Waals surface area contributed by atoms with E-state index in [4.69, 9.17) is 0 Å². The first-order chi connectivity index (χ1) is 7.68. The van der Waals surface area contributed by atoms with E-state index < -0.39 is 0 Å². The summed E-state index contributed by atoms with van der Waals surface area (Å²) in [6.07, 6.45) is 4.82. The Hall–Kier alpha value is -1.08. The molecule has 86 valence electrons. The second-order valence-electron chi connectivity index (χ2n) is 4.92. The molecule has 0 N–H and O–H groups in total. The van der Waals surface area contributed by atoms with E-state index in [2.05, 4.69) is 56.1 Å². The van der Waals surface area contributed by atoms with Gasteiger partial charge in [0.1, 0.15) is 0 Å². The molecule has 0 radical (unpaired) electrons. The van der Waals surface area contributed by atoms with E-state index in [1.165, 1.54) is 29.5 Å². The second kappa shape index (κ2) is 4.84. The maximum atomic E-state index is 2.39. The number of nitrogens with zero attached hydrogens (tertiary/aromatic N) is 1. The van der Waals surface area contributed by atoms with Crippen molar-refractivity contribution in [2.45, 2.75) is 32.7 Å².